The largest absolute Gasteiger partial charge is 0.350 e. The number of hydrogen-bond donors (Lipinski definition) is 1. The van der Waals surface area contributed by atoms with Gasteiger partial charge in [0.25, 0.3) is 5.91 Å². The van der Waals surface area contributed by atoms with Crippen LogP contribution in [0.2, 0.25) is 0 Å². The molecule has 1 fully saturated rings. The zero-order valence-electron chi connectivity index (χ0n) is 12.9. The predicted octanol–water partition coefficient (Wildman–Crippen LogP) is 3.12. The lowest BCUT2D eigenvalue weighted by atomic mass is 10.1. The highest BCUT2D eigenvalue weighted by Crippen LogP contribution is 2.15. The molecule has 23 heavy (non-hydrogen) atoms. The summed E-state index contributed by atoms with van der Waals surface area (Å²) in [6.45, 7) is 0.681. The lowest BCUT2D eigenvalue weighted by molar-refractivity contribution is -0.186. The van der Waals surface area contributed by atoms with E-state index in [1.807, 2.05) is 18.2 Å². The van der Waals surface area contributed by atoms with Crippen LogP contribution in [-0.4, -0.2) is 23.8 Å². The Labute approximate surface area is 139 Å². The number of ether oxygens (including phenoxy) is 1. The van der Waals surface area contributed by atoms with E-state index in [0.29, 0.717) is 12.3 Å². The fraction of sp³-hybridized carbons (Fsp3) is 0.412. The Morgan fingerprint density at radius 2 is 2.17 bits per heavy atom. The van der Waals surface area contributed by atoms with E-state index in [1.54, 1.807) is 5.38 Å². The van der Waals surface area contributed by atoms with E-state index >= 15 is 0 Å². The third kappa shape index (κ3) is 4.86. The molecule has 2 heterocycles. The van der Waals surface area contributed by atoms with Gasteiger partial charge in [0, 0.05) is 24.8 Å². The molecule has 0 spiro atoms. The van der Waals surface area contributed by atoms with Crippen molar-refractivity contribution in [2.24, 2.45) is 0 Å². The molecule has 3 rings (SSSR count). The Morgan fingerprint density at radius 1 is 1.30 bits per heavy atom. The second-order valence-corrected chi connectivity index (χ2v) is 6.40. The number of nitrogens with one attached hydrogen (secondary N) is 1. The van der Waals surface area contributed by atoms with Crippen LogP contribution in [0.3, 0.4) is 0 Å². The van der Waals surface area contributed by atoms with Gasteiger partial charge in [-0.2, -0.15) is 0 Å². The number of aryl methyl sites for hydroxylation is 2. The molecular formula is C17H20N2O3S. The van der Waals surface area contributed by atoms with E-state index in [4.69, 9.17) is 9.57 Å². The average molecular weight is 332 g/mol. The second-order valence-electron chi connectivity index (χ2n) is 5.46. The second kappa shape index (κ2) is 8.19. The summed E-state index contributed by atoms with van der Waals surface area (Å²) in [4.78, 5) is 21.7. The number of nitrogens with zero attached hydrogens (tertiary/aromatic N) is 1. The summed E-state index contributed by atoms with van der Waals surface area (Å²) >= 11 is 1.50. The molecule has 122 valence electrons. The summed E-state index contributed by atoms with van der Waals surface area (Å²) in [6, 6.07) is 10.3. The highest BCUT2D eigenvalue weighted by Gasteiger charge is 2.17. The molecule has 5 nitrogen and oxygen atoms in total. The molecule has 1 aliphatic rings. The van der Waals surface area contributed by atoms with Crippen LogP contribution < -0.4 is 5.48 Å². The maximum absolute atomic E-state index is 12.0. The van der Waals surface area contributed by atoms with Gasteiger partial charge in [-0.1, -0.05) is 30.3 Å². The van der Waals surface area contributed by atoms with Gasteiger partial charge in [0.15, 0.2) is 6.29 Å². The van der Waals surface area contributed by atoms with Crippen molar-refractivity contribution >= 4 is 17.2 Å². The number of hydroxylamine groups is 1. The summed E-state index contributed by atoms with van der Waals surface area (Å²) in [6.07, 6.45) is 4.31. The first-order valence-electron chi connectivity index (χ1n) is 7.87. The average Bonchev–Trinajstić information content (AvgIpc) is 3.09. The van der Waals surface area contributed by atoms with E-state index in [9.17, 15) is 4.79 Å². The van der Waals surface area contributed by atoms with Gasteiger partial charge in [-0.05, 0) is 24.8 Å². The van der Waals surface area contributed by atoms with Crippen LogP contribution in [-0.2, 0) is 22.4 Å². The van der Waals surface area contributed by atoms with Gasteiger partial charge in [0.1, 0.15) is 5.69 Å². The Kier molecular flexibility index (Phi) is 5.74. The van der Waals surface area contributed by atoms with Crippen LogP contribution in [0, 0.1) is 0 Å². The number of carbonyl (C=O) groups is 1. The topological polar surface area (TPSA) is 60.5 Å². The normalized spacial score (nSPS) is 17.8. The maximum atomic E-state index is 12.0. The molecule has 0 aliphatic carbocycles. The Hall–Kier alpha value is -1.76. The number of amides is 1. The van der Waals surface area contributed by atoms with Crippen LogP contribution in [0.4, 0.5) is 0 Å². The number of aromatic nitrogens is 1. The van der Waals surface area contributed by atoms with Crippen molar-refractivity contribution in [1.29, 1.82) is 0 Å². The molecule has 6 heteroatoms. The summed E-state index contributed by atoms with van der Waals surface area (Å²) in [7, 11) is 0. The zero-order chi connectivity index (χ0) is 15.9. The summed E-state index contributed by atoms with van der Waals surface area (Å²) < 4.78 is 5.40. The smallest absolute Gasteiger partial charge is 0.294 e. The first-order valence-corrected chi connectivity index (χ1v) is 8.75. The molecule has 1 aromatic carbocycles. The Balaban J connectivity index is 1.47. The van der Waals surface area contributed by atoms with Crippen molar-refractivity contribution in [3.63, 3.8) is 0 Å². The van der Waals surface area contributed by atoms with Crippen molar-refractivity contribution in [1.82, 2.24) is 10.5 Å². The summed E-state index contributed by atoms with van der Waals surface area (Å²) in [5.41, 5.74) is 4.10. The number of benzene rings is 1. The monoisotopic (exact) mass is 332 g/mol. The van der Waals surface area contributed by atoms with Crippen LogP contribution >= 0.6 is 11.3 Å². The molecule has 0 unspecified atom stereocenters. The summed E-state index contributed by atoms with van der Waals surface area (Å²) in [5.74, 6) is -0.318. The lowest BCUT2D eigenvalue weighted by Gasteiger charge is -2.21. The summed E-state index contributed by atoms with van der Waals surface area (Å²) in [5, 5.41) is 2.72. The minimum atomic E-state index is -0.344. The minimum absolute atomic E-state index is 0.318. The van der Waals surface area contributed by atoms with Gasteiger partial charge < -0.3 is 4.74 Å². The molecular weight excluding hydrogens is 312 g/mol. The number of thiazole rings is 1. The molecule has 1 N–H and O–H groups in total. The molecule has 0 bridgehead atoms. The van der Waals surface area contributed by atoms with Gasteiger partial charge in [-0.25, -0.2) is 15.3 Å². The molecule has 1 aromatic heterocycles. The van der Waals surface area contributed by atoms with E-state index < -0.39 is 0 Å². The first kappa shape index (κ1) is 16.1. The van der Waals surface area contributed by atoms with Gasteiger partial charge >= 0.3 is 0 Å². The van der Waals surface area contributed by atoms with Gasteiger partial charge in [-0.15, -0.1) is 11.3 Å². The maximum Gasteiger partial charge on any atom is 0.294 e. The fourth-order valence-electron chi connectivity index (χ4n) is 2.40. The van der Waals surface area contributed by atoms with Crippen molar-refractivity contribution in [3.05, 3.63) is 52.0 Å². The van der Waals surface area contributed by atoms with E-state index in [-0.39, 0.29) is 12.2 Å². The third-order valence-electron chi connectivity index (χ3n) is 3.68. The molecule has 2 aromatic rings. The number of hydrogen-bond acceptors (Lipinski definition) is 5. The molecule has 1 amide bonds. The van der Waals surface area contributed by atoms with E-state index in [0.717, 1.165) is 37.1 Å². The zero-order valence-corrected chi connectivity index (χ0v) is 13.7. The molecule has 0 radical (unpaired) electrons. The standard InChI is InChI=1S/C17H20N2O3S/c20-17(19-22-16-8-4-5-11-21-16)14-12-23-15(18-14)10-9-13-6-2-1-3-7-13/h1-3,6-7,12,16H,4-5,8-11H2,(H,19,20)/t16-/m1/s1. The van der Waals surface area contributed by atoms with Crippen molar-refractivity contribution < 1.29 is 14.4 Å². The van der Waals surface area contributed by atoms with Crippen molar-refractivity contribution in [2.45, 2.75) is 38.4 Å². The molecule has 1 aliphatic heterocycles. The van der Waals surface area contributed by atoms with E-state index in [1.165, 1.54) is 16.9 Å². The molecule has 1 saturated heterocycles. The lowest BCUT2D eigenvalue weighted by Crippen LogP contribution is -2.33. The highest BCUT2D eigenvalue weighted by molar-refractivity contribution is 7.09. The van der Waals surface area contributed by atoms with Crippen molar-refractivity contribution in [3.8, 4) is 0 Å². The van der Waals surface area contributed by atoms with Crippen molar-refractivity contribution in [2.75, 3.05) is 6.61 Å². The highest BCUT2D eigenvalue weighted by atomic mass is 32.1. The minimum Gasteiger partial charge on any atom is -0.350 e. The molecule has 0 saturated carbocycles. The third-order valence-corrected chi connectivity index (χ3v) is 4.58. The quantitative estimate of drug-likeness (QED) is 0.826. The molecule has 1 atom stereocenters. The number of carbonyl (C=O) groups excluding carboxylic acids is 1. The Morgan fingerprint density at radius 3 is 2.96 bits per heavy atom. The predicted molar refractivity (Wildman–Crippen MR) is 88.1 cm³/mol. The Bertz CT molecular complexity index is 624. The van der Waals surface area contributed by atoms with Gasteiger partial charge in [0.2, 0.25) is 0 Å². The first-order chi connectivity index (χ1) is 11.3. The van der Waals surface area contributed by atoms with Crippen LogP contribution in [0.25, 0.3) is 0 Å². The van der Waals surface area contributed by atoms with Gasteiger partial charge in [0.05, 0.1) is 5.01 Å². The van der Waals surface area contributed by atoms with Crippen LogP contribution in [0.5, 0.6) is 0 Å². The van der Waals surface area contributed by atoms with Gasteiger partial charge in [-0.3, -0.25) is 4.79 Å². The van der Waals surface area contributed by atoms with Crippen LogP contribution in [0.15, 0.2) is 35.7 Å². The van der Waals surface area contributed by atoms with Crippen LogP contribution in [0.1, 0.15) is 40.3 Å². The fourth-order valence-corrected chi connectivity index (χ4v) is 3.18. The number of rotatable bonds is 6. The van der Waals surface area contributed by atoms with E-state index in [2.05, 4.69) is 22.6 Å². The SMILES string of the molecule is O=C(NO[C@@H]1CCCCO1)c1csc(CCc2ccccc2)n1.